The number of carbonyl (C=O) groups excluding carboxylic acids is 1. The van der Waals surface area contributed by atoms with Gasteiger partial charge >= 0.3 is 0 Å². The molecule has 0 saturated heterocycles. The van der Waals surface area contributed by atoms with Crippen LogP contribution in [-0.2, 0) is 0 Å². The first-order chi connectivity index (χ1) is 13.5. The van der Waals surface area contributed by atoms with Gasteiger partial charge < -0.3 is 10.1 Å². The maximum Gasteiger partial charge on any atom is 0.260 e. The number of allylic oxidation sites excluding steroid dienone is 1. The van der Waals surface area contributed by atoms with Gasteiger partial charge in [0.1, 0.15) is 35.8 Å². The Bertz CT molecular complexity index is 1100. The second-order valence-corrected chi connectivity index (χ2v) is 5.62. The van der Waals surface area contributed by atoms with Gasteiger partial charge in [-0.2, -0.15) is 5.10 Å². The predicted molar refractivity (Wildman–Crippen MR) is 102 cm³/mol. The number of fused-ring (bicyclic) bond motifs is 1. The van der Waals surface area contributed by atoms with Crippen molar-refractivity contribution in [1.29, 1.82) is 0 Å². The van der Waals surface area contributed by atoms with E-state index in [9.17, 15) is 9.18 Å². The van der Waals surface area contributed by atoms with Crippen molar-refractivity contribution in [1.82, 2.24) is 19.6 Å². The summed E-state index contributed by atoms with van der Waals surface area (Å²) in [5.74, 6) is 0.0842. The molecule has 0 unspecified atom stereocenters. The number of rotatable bonds is 6. The minimum atomic E-state index is -0.488. The van der Waals surface area contributed by atoms with Gasteiger partial charge in [-0.05, 0) is 38.8 Å². The highest BCUT2D eigenvalue weighted by atomic mass is 19.1. The summed E-state index contributed by atoms with van der Waals surface area (Å²) in [6.07, 6.45) is 5.61. The molecule has 10 heteroatoms. The van der Waals surface area contributed by atoms with Gasteiger partial charge in [0.2, 0.25) is 0 Å². The maximum absolute atomic E-state index is 13.4. The largest absolute Gasteiger partial charge is 0.459 e. The molecule has 0 aromatic carbocycles. The zero-order chi connectivity index (χ0) is 20.1. The highest BCUT2D eigenvalue weighted by molar-refractivity contribution is 6.08. The van der Waals surface area contributed by atoms with Gasteiger partial charge in [0.15, 0.2) is 5.65 Å². The number of aliphatic imine (C=N–C) groups is 2. The van der Waals surface area contributed by atoms with Crippen molar-refractivity contribution in [2.75, 3.05) is 5.32 Å². The molecule has 3 aromatic rings. The second-order valence-electron chi connectivity index (χ2n) is 5.62. The molecule has 9 nitrogen and oxygen atoms in total. The van der Waals surface area contributed by atoms with E-state index in [2.05, 4.69) is 37.1 Å². The summed E-state index contributed by atoms with van der Waals surface area (Å²) >= 11 is 0. The first kappa shape index (κ1) is 18.8. The van der Waals surface area contributed by atoms with E-state index in [4.69, 9.17) is 4.74 Å². The van der Waals surface area contributed by atoms with Gasteiger partial charge in [-0.25, -0.2) is 23.9 Å². The van der Waals surface area contributed by atoms with Crippen LogP contribution in [0.15, 0.2) is 52.7 Å². The summed E-state index contributed by atoms with van der Waals surface area (Å²) in [4.78, 5) is 28.2. The summed E-state index contributed by atoms with van der Waals surface area (Å²) in [5.41, 5.74) is 0.722. The van der Waals surface area contributed by atoms with Crippen LogP contribution in [-0.4, -0.2) is 38.5 Å². The number of carbonyl (C=O) groups is 1. The van der Waals surface area contributed by atoms with Crippen LogP contribution in [0.5, 0.6) is 5.75 Å². The molecule has 0 aliphatic rings. The maximum atomic E-state index is 13.4. The Hall–Kier alpha value is -3.95. The molecule has 142 valence electrons. The van der Waals surface area contributed by atoms with Crippen molar-refractivity contribution < 1.29 is 13.9 Å². The zero-order valence-electron chi connectivity index (χ0n) is 15.1. The lowest BCUT2D eigenvalue weighted by molar-refractivity contribution is 0.102. The number of hydrogen-bond acceptors (Lipinski definition) is 6. The molecule has 0 radical (unpaired) electrons. The van der Waals surface area contributed by atoms with Crippen LogP contribution in [0.25, 0.3) is 5.65 Å². The van der Waals surface area contributed by atoms with Crippen molar-refractivity contribution >= 4 is 30.4 Å². The van der Waals surface area contributed by atoms with Gasteiger partial charge in [-0.1, -0.05) is 0 Å². The molecule has 28 heavy (non-hydrogen) atoms. The first-order valence-electron chi connectivity index (χ1n) is 8.08. The SMILES string of the molecule is C=N/C=N\C=C(/C)Oc1cc(C(=O)Nc2ccc(F)c(C)n2)c2ncnn2c1. The van der Waals surface area contributed by atoms with Gasteiger partial charge in [0.05, 0.1) is 23.7 Å². The molecular formula is C18H16FN7O2. The van der Waals surface area contributed by atoms with E-state index in [0.29, 0.717) is 17.2 Å². The summed E-state index contributed by atoms with van der Waals surface area (Å²) < 4.78 is 20.5. The van der Waals surface area contributed by atoms with E-state index >= 15 is 0 Å². The summed E-state index contributed by atoms with van der Waals surface area (Å²) in [6.45, 7) is 6.49. The normalized spacial score (nSPS) is 11.8. The lowest BCUT2D eigenvalue weighted by atomic mass is 10.2. The Labute approximate surface area is 159 Å². The molecule has 0 spiro atoms. The number of aromatic nitrogens is 4. The third-order valence-corrected chi connectivity index (χ3v) is 3.54. The minimum absolute atomic E-state index is 0.179. The number of nitrogens with one attached hydrogen (secondary N) is 1. The number of nitrogens with zero attached hydrogens (tertiary/aromatic N) is 6. The molecule has 3 aromatic heterocycles. The Morgan fingerprint density at radius 3 is 3.00 bits per heavy atom. The smallest absolute Gasteiger partial charge is 0.260 e. The van der Waals surface area contributed by atoms with Crippen LogP contribution in [0.4, 0.5) is 10.2 Å². The molecular weight excluding hydrogens is 365 g/mol. The van der Waals surface area contributed by atoms with Crippen molar-refractivity contribution in [2.45, 2.75) is 13.8 Å². The van der Waals surface area contributed by atoms with Crippen LogP contribution >= 0.6 is 0 Å². The summed E-state index contributed by atoms with van der Waals surface area (Å²) in [7, 11) is 0. The van der Waals surface area contributed by atoms with Gasteiger partial charge in [0, 0.05) is 0 Å². The molecule has 0 fully saturated rings. The predicted octanol–water partition coefficient (Wildman–Crippen LogP) is 2.79. The van der Waals surface area contributed by atoms with Gasteiger partial charge in [-0.3, -0.25) is 9.79 Å². The van der Waals surface area contributed by atoms with E-state index < -0.39 is 11.7 Å². The van der Waals surface area contributed by atoms with Crippen LogP contribution in [0, 0.1) is 12.7 Å². The molecule has 1 N–H and O–H groups in total. The van der Waals surface area contributed by atoms with Gasteiger partial charge in [-0.15, -0.1) is 0 Å². The second kappa shape index (κ2) is 8.16. The first-order valence-corrected chi connectivity index (χ1v) is 8.08. The fraction of sp³-hybridized carbons (Fsp3) is 0.111. The number of pyridine rings is 2. The molecule has 0 saturated carbocycles. The van der Waals surface area contributed by atoms with Crippen LogP contribution in [0.3, 0.4) is 0 Å². The Kier molecular flexibility index (Phi) is 5.49. The quantitative estimate of drug-likeness (QED) is 0.401. The number of amides is 1. The summed E-state index contributed by atoms with van der Waals surface area (Å²) in [6, 6.07) is 4.12. The van der Waals surface area contributed by atoms with E-state index in [0.717, 1.165) is 0 Å². The van der Waals surface area contributed by atoms with Crippen LogP contribution in [0.1, 0.15) is 23.0 Å². The average molecular weight is 381 g/mol. The Morgan fingerprint density at radius 2 is 2.25 bits per heavy atom. The number of ether oxygens (including phenoxy) is 1. The average Bonchev–Trinajstić information content (AvgIpc) is 3.12. The number of halogens is 1. The van der Waals surface area contributed by atoms with E-state index in [1.807, 2.05) is 0 Å². The highest BCUT2D eigenvalue weighted by Crippen LogP contribution is 2.20. The summed E-state index contributed by atoms with van der Waals surface area (Å²) in [5, 5.41) is 6.67. The third-order valence-electron chi connectivity index (χ3n) is 3.54. The fourth-order valence-electron chi connectivity index (χ4n) is 2.32. The lowest BCUT2D eigenvalue weighted by Crippen LogP contribution is -2.15. The van der Waals surface area contributed by atoms with Gasteiger partial charge in [0.25, 0.3) is 5.91 Å². The Balaban J connectivity index is 1.91. The molecule has 1 amide bonds. The van der Waals surface area contributed by atoms with Crippen molar-refractivity contribution in [3.63, 3.8) is 0 Å². The van der Waals surface area contributed by atoms with Crippen LogP contribution < -0.4 is 10.1 Å². The van der Waals surface area contributed by atoms with E-state index in [1.54, 1.807) is 13.1 Å². The fourth-order valence-corrected chi connectivity index (χ4v) is 2.32. The topological polar surface area (TPSA) is 106 Å². The third kappa shape index (κ3) is 4.23. The van der Waals surface area contributed by atoms with Crippen molar-refractivity contribution in [3.8, 4) is 5.75 Å². The standard InChI is InChI=1S/C18H16FN7O2/c1-11(7-21-9-20-3)28-13-6-14(17-22-10-23-26(17)8-13)18(27)25-16-5-4-15(19)12(2)24-16/h4-10H,3H2,1-2H3,(H,24,25,27)/b11-7+,21-9-. The van der Waals surface area contributed by atoms with Crippen LogP contribution in [0.2, 0.25) is 0 Å². The monoisotopic (exact) mass is 381 g/mol. The van der Waals surface area contributed by atoms with E-state index in [-0.39, 0.29) is 17.1 Å². The molecule has 0 aliphatic carbocycles. The van der Waals surface area contributed by atoms with Crippen molar-refractivity contribution in [2.24, 2.45) is 9.98 Å². The number of aryl methyl sites for hydroxylation is 1. The molecule has 0 aliphatic heterocycles. The molecule has 0 bridgehead atoms. The zero-order valence-corrected chi connectivity index (χ0v) is 15.1. The molecule has 3 rings (SSSR count). The van der Waals surface area contributed by atoms with Crippen molar-refractivity contribution in [3.05, 3.63) is 59.8 Å². The number of anilines is 1. The Morgan fingerprint density at radius 1 is 1.43 bits per heavy atom. The van der Waals surface area contributed by atoms with E-state index in [1.165, 1.54) is 48.5 Å². The lowest BCUT2D eigenvalue weighted by Gasteiger charge is -2.10. The molecule has 0 atom stereocenters. The highest BCUT2D eigenvalue weighted by Gasteiger charge is 2.16. The minimum Gasteiger partial charge on any atom is -0.459 e. The number of hydrogen-bond donors (Lipinski definition) is 1. The molecule has 3 heterocycles.